The molecule has 1 aromatic rings. The summed E-state index contributed by atoms with van der Waals surface area (Å²) in [7, 11) is 0. The SMILES string of the molecule is CC[C@@H]1CCCN(C(=O)Nc2ccc([C@H](C)N3CCOCC3)cc2)C1. The van der Waals surface area contributed by atoms with Crippen molar-refractivity contribution in [3.05, 3.63) is 29.8 Å². The van der Waals surface area contributed by atoms with Crippen molar-refractivity contribution in [2.24, 2.45) is 5.92 Å². The molecule has 5 nitrogen and oxygen atoms in total. The third-order valence-electron chi connectivity index (χ3n) is 5.62. The molecular formula is C20H31N3O2. The fourth-order valence-electron chi connectivity index (χ4n) is 3.81. The average Bonchev–Trinajstić information content (AvgIpc) is 2.68. The first-order valence-corrected chi connectivity index (χ1v) is 9.65. The van der Waals surface area contributed by atoms with Gasteiger partial charge in [0.25, 0.3) is 0 Å². The molecule has 2 aliphatic rings. The van der Waals surface area contributed by atoms with Gasteiger partial charge in [-0.25, -0.2) is 4.79 Å². The third kappa shape index (κ3) is 4.73. The highest BCUT2D eigenvalue weighted by Gasteiger charge is 2.23. The molecular weight excluding hydrogens is 314 g/mol. The van der Waals surface area contributed by atoms with Gasteiger partial charge in [-0.1, -0.05) is 25.5 Å². The molecule has 0 radical (unpaired) electrons. The molecule has 1 N–H and O–H groups in total. The monoisotopic (exact) mass is 345 g/mol. The molecule has 0 spiro atoms. The summed E-state index contributed by atoms with van der Waals surface area (Å²) in [5.41, 5.74) is 2.16. The minimum atomic E-state index is 0.0344. The first kappa shape index (κ1) is 18.2. The highest BCUT2D eigenvalue weighted by atomic mass is 16.5. The molecule has 0 unspecified atom stereocenters. The van der Waals surface area contributed by atoms with Crippen molar-refractivity contribution in [1.82, 2.24) is 9.80 Å². The van der Waals surface area contributed by atoms with Gasteiger partial charge in [-0.3, -0.25) is 4.90 Å². The molecule has 0 bridgehead atoms. The summed E-state index contributed by atoms with van der Waals surface area (Å²) in [5, 5.41) is 3.06. The number of ether oxygens (including phenoxy) is 1. The molecule has 1 aromatic carbocycles. The number of urea groups is 1. The number of carbonyl (C=O) groups excluding carboxylic acids is 1. The number of benzene rings is 1. The van der Waals surface area contributed by atoms with Crippen LogP contribution in [0.4, 0.5) is 10.5 Å². The fraction of sp³-hybridized carbons (Fsp3) is 0.650. The van der Waals surface area contributed by atoms with Crippen LogP contribution in [0.15, 0.2) is 24.3 Å². The number of amides is 2. The van der Waals surface area contributed by atoms with Crippen molar-refractivity contribution < 1.29 is 9.53 Å². The third-order valence-corrected chi connectivity index (χ3v) is 5.62. The lowest BCUT2D eigenvalue weighted by molar-refractivity contribution is 0.0198. The summed E-state index contributed by atoms with van der Waals surface area (Å²) in [4.78, 5) is 16.9. The Morgan fingerprint density at radius 1 is 1.24 bits per heavy atom. The number of nitrogens with one attached hydrogen (secondary N) is 1. The van der Waals surface area contributed by atoms with Gasteiger partial charge in [0.1, 0.15) is 0 Å². The molecule has 25 heavy (non-hydrogen) atoms. The van der Waals surface area contributed by atoms with Crippen molar-refractivity contribution in [3.8, 4) is 0 Å². The number of piperidine rings is 1. The van der Waals surface area contributed by atoms with E-state index < -0.39 is 0 Å². The van der Waals surface area contributed by atoms with Gasteiger partial charge in [0.05, 0.1) is 13.2 Å². The van der Waals surface area contributed by atoms with E-state index in [1.54, 1.807) is 0 Å². The summed E-state index contributed by atoms with van der Waals surface area (Å²) in [6.07, 6.45) is 3.51. The molecule has 2 amide bonds. The Morgan fingerprint density at radius 2 is 1.96 bits per heavy atom. The number of rotatable bonds is 4. The van der Waals surface area contributed by atoms with E-state index in [-0.39, 0.29) is 6.03 Å². The Bertz CT molecular complexity index is 555. The molecule has 5 heteroatoms. The van der Waals surface area contributed by atoms with E-state index in [2.05, 4.69) is 36.2 Å². The largest absolute Gasteiger partial charge is 0.379 e. The summed E-state index contributed by atoms with van der Waals surface area (Å²) in [6.45, 7) is 9.78. The topological polar surface area (TPSA) is 44.8 Å². The first-order chi connectivity index (χ1) is 12.2. The Kier molecular flexibility index (Phi) is 6.32. The van der Waals surface area contributed by atoms with E-state index in [4.69, 9.17) is 4.74 Å². The van der Waals surface area contributed by atoms with E-state index >= 15 is 0 Å². The standard InChI is InChI=1S/C20H31N3O2/c1-3-17-5-4-10-23(15-17)20(24)21-19-8-6-18(7-9-19)16(2)22-11-13-25-14-12-22/h6-9,16-17H,3-5,10-15H2,1-2H3,(H,21,24)/t16-,17+/m0/s1. The van der Waals surface area contributed by atoms with Crippen LogP contribution in [0.1, 0.15) is 44.7 Å². The van der Waals surface area contributed by atoms with Crippen LogP contribution < -0.4 is 5.32 Å². The predicted octanol–water partition coefficient (Wildman–Crippen LogP) is 3.73. The molecule has 2 saturated heterocycles. The van der Waals surface area contributed by atoms with E-state index in [1.165, 1.54) is 12.0 Å². The zero-order valence-electron chi connectivity index (χ0n) is 15.5. The second kappa shape index (κ2) is 8.68. The minimum Gasteiger partial charge on any atom is -0.379 e. The lowest BCUT2D eigenvalue weighted by Gasteiger charge is -2.33. The van der Waals surface area contributed by atoms with Crippen molar-refractivity contribution in [2.45, 2.75) is 39.2 Å². The lowest BCUT2D eigenvalue weighted by atomic mass is 9.96. The number of hydrogen-bond donors (Lipinski definition) is 1. The van der Waals surface area contributed by atoms with Gasteiger partial charge >= 0.3 is 6.03 Å². The second-order valence-electron chi connectivity index (χ2n) is 7.24. The Balaban J connectivity index is 1.55. The molecule has 0 saturated carbocycles. The minimum absolute atomic E-state index is 0.0344. The quantitative estimate of drug-likeness (QED) is 0.904. The van der Waals surface area contributed by atoms with Crippen LogP contribution in [0.2, 0.25) is 0 Å². The van der Waals surface area contributed by atoms with Gasteiger partial charge < -0.3 is 15.0 Å². The van der Waals surface area contributed by atoms with E-state index in [0.717, 1.165) is 57.9 Å². The second-order valence-corrected chi connectivity index (χ2v) is 7.24. The lowest BCUT2D eigenvalue weighted by Crippen LogP contribution is -2.42. The Morgan fingerprint density at radius 3 is 2.64 bits per heavy atom. The van der Waals surface area contributed by atoms with E-state index in [1.807, 2.05) is 17.0 Å². The Hall–Kier alpha value is -1.59. The van der Waals surface area contributed by atoms with Gasteiger partial charge in [-0.2, -0.15) is 0 Å². The van der Waals surface area contributed by atoms with Crippen molar-refractivity contribution >= 4 is 11.7 Å². The normalized spacial score (nSPS) is 23.3. The number of likely N-dealkylation sites (tertiary alicyclic amines) is 1. The van der Waals surface area contributed by atoms with Crippen LogP contribution in [-0.4, -0.2) is 55.2 Å². The zero-order valence-corrected chi connectivity index (χ0v) is 15.5. The fourth-order valence-corrected chi connectivity index (χ4v) is 3.81. The summed E-state index contributed by atoms with van der Waals surface area (Å²) in [6, 6.07) is 8.70. The summed E-state index contributed by atoms with van der Waals surface area (Å²) < 4.78 is 5.43. The maximum atomic E-state index is 12.5. The van der Waals surface area contributed by atoms with Crippen molar-refractivity contribution in [1.29, 1.82) is 0 Å². The van der Waals surface area contributed by atoms with Crippen molar-refractivity contribution in [3.63, 3.8) is 0 Å². The van der Waals surface area contributed by atoms with Crippen LogP contribution in [-0.2, 0) is 4.74 Å². The smallest absolute Gasteiger partial charge is 0.321 e. The number of morpholine rings is 1. The van der Waals surface area contributed by atoms with Gasteiger partial charge in [-0.15, -0.1) is 0 Å². The molecule has 3 rings (SSSR count). The van der Waals surface area contributed by atoms with Crippen LogP contribution in [0, 0.1) is 5.92 Å². The molecule has 2 atom stereocenters. The number of nitrogens with zero attached hydrogens (tertiary/aromatic N) is 2. The van der Waals surface area contributed by atoms with Crippen LogP contribution in [0.25, 0.3) is 0 Å². The number of anilines is 1. The van der Waals surface area contributed by atoms with Gasteiger partial charge in [0.2, 0.25) is 0 Å². The van der Waals surface area contributed by atoms with Crippen molar-refractivity contribution in [2.75, 3.05) is 44.7 Å². The maximum Gasteiger partial charge on any atom is 0.321 e. The van der Waals surface area contributed by atoms with Gasteiger partial charge in [0.15, 0.2) is 0 Å². The van der Waals surface area contributed by atoms with Gasteiger partial charge in [0, 0.05) is 37.9 Å². The predicted molar refractivity (Wildman–Crippen MR) is 101 cm³/mol. The maximum absolute atomic E-state index is 12.5. The van der Waals surface area contributed by atoms with Gasteiger partial charge in [-0.05, 0) is 43.4 Å². The summed E-state index contributed by atoms with van der Waals surface area (Å²) >= 11 is 0. The first-order valence-electron chi connectivity index (χ1n) is 9.65. The highest BCUT2D eigenvalue weighted by molar-refractivity contribution is 5.89. The van der Waals surface area contributed by atoms with E-state index in [0.29, 0.717) is 12.0 Å². The zero-order chi connectivity index (χ0) is 17.6. The average molecular weight is 345 g/mol. The molecule has 0 aliphatic carbocycles. The molecule has 2 heterocycles. The van der Waals surface area contributed by atoms with Crippen LogP contribution >= 0.6 is 0 Å². The van der Waals surface area contributed by atoms with E-state index in [9.17, 15) is 4.79 Å². The molecule has 2 aliphatic heterocycles. The molecule has 0 aromatic heterocycles. The molecule has 2 fully saturated rings. The van der Waals surface area contributed by atoms with Crippen LogP contribution in [0.3, 0.4) is 0 Å². The Labute approximate surface area is 151 Å². The highest BCUT2D eigenvalue weighted by Crippen LogP contribution is 2.24. The summed E-state index contributed by atoms with van der Waals surface area (Å²) in [5.74, 6) is 0.649. The molecule has 138 valence electrons. The van der Waals surface area contributed by atoms with Crippen LogP contribution in [0.5, 0.6) is 0 Å². The number of hydrogen-bond acceptors (Lipinski definition) is 3. The number of carbonyl (C=O) groups is 1.